The van der Waals surface area contributed by atoms with Crippen molar-refractivity contribution < 1.29 is 4.74 Å². The molecule has 21 heavy (non-hydrogen) atoms. The van der Waals surface area contributed by atoms with E-state index in [9.17, 15) is 0 Å². The van der Waals surface area contributed by atoms with Crippen molar-refractivity contribution in [2.45, 2.75) is 39.2 Å². The van der Waals surface area contributed by atoms with Crippen molar-refractivity contribution in [2.75, 3.05) is 32.0 Å². The second-order valence-electron chi connectivity index (χ2n) is 5.84. The van der Waals surface area contributed by atoms with Crippen LogP contribution in [0.15, 0.2) is 0 Å². The summed E-state index contributed by atoms with van der Waals surface area (Å²) in [6.07, 6.45) is 3.66. The lowest BCUT2D eigenvalue weighted by atomic mass is 9.94. The van der Waals surface area contributed by atoms with Crippen LogP contribution >= 0.6 is 11.6 Å². The van der Waals surface area contributed by atoms with Crippen LogP contribution in [0, 0.1) is 5.92 Å². The van der Waals surface area contributed by atoms with Crippen molar-refractivity contribution in [1.29, 1.82) is 0 Å². The highest BCUT2D eigenvalue weighted by molar-refractivity contribution is 6.28. The lowest BCUT2D eigenvalue weighted by Crippen LogP contribution is -2.30. The fourth-order valence-corrected chi connectivity index (χ4v) is 2.57. The molecular formula is C14H24ClN5O. The monoisotopic (exact) mass is 313 g/mol. The second kappa shape index (κ2) is 7.75. The van der Waals surface area contributed by atoms with Crippen LogP contribution in [-0.2, 0) is 0 Å². The van der Waals surface area contributed by atoms with Gasteiger partial charge < -0.3 is 15.0 Å². The average molecular weight is 314 g/mol. The fourth-order valence-electron chi connectivity index (χ4n) is 2.41. The summed E-state index contributed by atoms with van der Waals surface area (Å²) in [7, 11) is 2.18. The summed E-state index contributed by atoms with van der Waals surface area (Å²) in [4.78, 5) is 14.6. The van der Waals surface area contributed by atoms with Crippen LogP contribution in [0.5, 0.6) is 6.01 Å². The van der Waals surface area contributed by atoms with Crippen LogP contribution in [0.4, 0.5) is 5.95 Å². The molecular weight excluding hydrogens is 290 g/mol. The Balaban J connectivity index is 1.81. The Bertz CT molecular complexity index is 449. The molecule has 1 fully saturated rings. The summed E-state index contributed by atoms with van der Waals surface area (Å²) >= 11 is 5.89. The molecule has 0 aliphatic carbocycles. The molecule has 1 aromatic rings. The van der Waals surface area contributed by atoms with E-state index in [-0.39, 0.29) is 17.4 Å². The third kappa shape index (κ3) is 5.63. The normalized spacial score (nSPS) is 17.2. The lowest BCUT2D eigenvalue weighted by Gasteiger charge is -2.28. The van der Waals surface area contributed by atoms with Crippen molar-refractivity contribution in [3.63, 3.8) is 0 Å². The Morgan fingerprint density at radius 2 is 2.00 bits per heavy atom. The first kappa shape index (κ1) is 16.2. The van der Waals surface area contributed by atoms with Crippen molar-refractivity contribution in [3.05, 3.63) is 5.28 Å². The predicted octanol–water partition coefficient (Wildman–Crippen LogP) is 2.46. The molecule has 1 aliphatic heterocycles. The van der Waals surface area contributed by atoms with Gasteiger partial charge in [0.15, 0.2) is 0 Å². The first-order valence-electron chi connectivity index (χ1n) is 7.53. The van der Waals surface area contributed by atoms with Gasteiger partial charge in [-0.25, -0.2) is 0 Å². The summed E-state index contributed by atoms with van der Waals surface area (Å²) in [5.41, 5.74) is 0. The average Bonchev–Trinajstić information content (AvgIpc) is 2.39. The smallest absolute Gasteiger partial charge is 0.322 e. The van der Waals surface area contributed by atoms with Crippen LogP contribution in [0.25, 0.3) is 0 Å². The minimum atomic E-state index is 0.00976. The third-order valence-electron chi connectivity index (χ3n) is 3.60. The predicted molar refractivity (Wildman–Crippen MR) is 83.9 cm³/mol. The van der Waals surface area contributed by atoms with E-state index in [4.69, 9.17) is 16.3 Å². The Kier molecular flexibility index (Phi) is 5.99. The molecule has 0 spiro atoms. The number of likely N-dealkylation sites (tertiary alicyclic amines) is 1. The number of piperidine rings is 1. The van der Waals surface area contributed by atoms with Crippen molar-refractivity contribution in [2.24, 2.45) is 5.92 Å². The molecule has 0 bridgehead atoms. The summed E-state index contributed by atoms with van der Waals surface area (Å²) in [5.74, 6) is 1.26. The highest BCUT2D eigenvalue weighted by Crippen LogP contribution is 2.19. The number of nitrogens with one attached hydrogen (secondary N) is 1. The molecule has 0 saturated carbocycles. The molecule has 1 aromatic heterocycles. The number of halogens is 1. The standard InChI is InChI=1S/C14H24ClN5O/c1-10(2)21-14-18-12(15)17-13(19-14)16-7-4-11-5-8-20(3)9-6-11/h10-11H,4-9H2,1-3H3,(H,16,17,18,19). The third-order valence-corrected chi connectivity index (χ3v) is 3.77. The molecule has 0 atom stereocenters. The second-order valence-corrected chi connectivity index (χ2v) is 6.18. The van der Waals surface area contributed by atoms with Gasteiger partial charge in [0.25, 0.3) is 0 Å². The van der Waals surface area contributed by atoms with Crippen molar-refractivity contribution in [1.82, 2.24) is 19.9 Å². The van der Waals surface area contributed by atoms with Gasteiger partial charge in [0.2, 0.25) is 11.2 Å². The molecule has 0 unspecified atom stereocenters. The quantitative estimate of drug-likeness (QED) is 0.870. The van der Waals surface area contributed by atoms with Gasteiger partial charge >= 0.3 is 6.01 Å². The first-order valence-corrected chi connectivity index (χ1v) is 7.91. The molecule has 0 radical (unpaired) electrons. The zero-order valence-corrected chi connectivity index (χ0v) is 13.7. The van der Waals surface area contributed by atoms with Gasteiger partial charge in [0.05, 0.1) is 6.10 Å². The summed E-state index contributed by atoms with van der Waals surface area (Å²) in [6.45, 7) is 7.06. The van der Waals surface area contributed by atoms with E-state index in [1.54, 1.807) is 0 Å². The molecule has 118 valence electrons. The van der Waals surface area contributed by atoms with Gasteiger partial charge in [-0.05, 0) is 70.8 Å². The van der Waals surface area contributed by atoms with Crippen LogP contribution in [0.3, 0.4) is 0 Å². The van der Waals surface area contributed by atoms with Crippen LogP contribution in [0.1, 0.15) is 33.1 Å². The number of ether oxygens (including phenoxy) is 1. The minimum absolute atomic E-state index is 0.00976. The van der Waals surface area contributed by atoms with Gasteiger partial charge in [-0.2, -0.15) is 15.0 Å². The number of nitrogens with zero attached hydrogens (tertiary/aromatic N) is 4. The molecule has 0 amide bonds. The number of aromatic nitrogens is 3. The molecule has 7 heteroatoms. The summed E-state index contributed by atoms with van der Waals surface area (Å²) < 4.78 is 5.45. The Labute approximate surface area is 131 Å². The van der Waals surface area contributed by atoms with E-state index < -0.39 is 0 Å². The lowest BCUT2D eigenvalue weighted by molar-refractivity contribution is 0.214. The molecule has 1 aliphatic rings. The van der Waals surface area contributed by atoms with Crippen LogP contribution in [0.2, 0.25) is 5.28 Å². The maximum atomic E-state index is 5.89. The number of anilines is 1. The highest BCUT2D eigenvalue weighted by Gasteiger charge is 2.16. The maximum absolute atomic E-state index is 5.89. The van der Waals surface area contributed by atoms with Gasteiger partial charge in [0.1, 0.15) is 0 Å². The highest BCUT2D eigenvalue weighted by atomic mass is 35.5. The molecule has 2 heterocycles. The first-order chi connectivity index (χ1) is 10.0. The van der Waals surface area contributed by atoms with E-state index in [1.165, 1.54) is 25.9 Å². The molecule has 1 N–H and O–H groups in total. The van der Waals surface area contributed by atoms with Crippen LogP contribution < -0.4 is 10.1 Å². The zero-order valence-electron chi connectivity index (χ0n) is 13.0. The van der Waals surface area contributed by atoms with Crippen molar-refractivity contribution >= 4 is 17.5 Å². The van der Waals surface area contributed by atoms with Crippen molar-refractivity contribution in [3.8, 4) is 6.01 Å². The largest absolute Gasteiger partial charge is 0.461 e. The van der Waals surface area contributed by atoms with E-state index >= 15 is 0 Å². The summed E-state index contributed by atoms with van der Waals surface area (Å²) in [6, 6.07) is 0.270. The molecule has 1 saturated heterocycles. The molecule has 6 nitrogen and oxygen atoms in total. The number of hydrogen-bond donors (Lipinski definition) is 1. The number of hydrogen-bond acceptors (Lipinski definition) is 6. The van der Waals surface area contributed by atoms with E-state index in [0.29, 0.717) is 5.95 Å². The maximum Gasteiger partial charge on any atom is 0.322 e. The van der Waals surface area contributed by atoms with Crippen LogP contribution in [-0.4, -0.2) is 52.6 Å². The SMILES string of the molecule is CC(C)Oc1nc(Cl)nc(NCCC2CCN(C)CC2)n1. The van der Waals surface area contributed by atoms with Gasteiger partial charge in [-0.15, -0.1) is 0 Å². The summed E-state index contributed by atoms with van der Waals surface area (Å²) in [5, 5.41) is 3.37. The zero-order chi connectivity index (χ0) is 15.2. The van der Waals surface area contributed by atoms with E-state index in [2.05, 4.69) is 32.2 Å². The Morgan fingerprint density at radius 1 is 1.29 bits per heavy atom. The molecule has 2 rings (SSSR count). The molecule has 0 aromatic carbocycles. The van der Waals surface area contributed by atoms with Gasteiger partial charge in [-0.1, -0.05) is 0 Å². The number of rotatable bonds is 6. The van der Waals surface area contributed by atoms with Gasteiger partial charge in [0, 0.05) is 6.54 Å². The minimum Gasteiger partial charge on any atom is -0.461 e. The fraction of sp³-hybridized carbons (Fsp3) is 0.786. The topological polar surface area (TPSA) is 63.2 Å². The Hall–Kier alpha value is -1.14. The van der Waals surface area contributed by atoms with Gasteiger partial charge in [-0.3, -0.25) is 0 Å². The van der Waals surface area contributed by atoms with E-state index in [1.807, 2.05) is 13.8 Å². The van der Waals surface area contributed by atoms with E-state index in [0.717, 1.165) is 18.9 Å². The Morgan fingerprint density at radius 3 is 2.67 bits per heavy atom.